The Labute approximate surface area is 103 Å². The van der Waals surface area contributed by atoms with Gasteiger partial charge in [0, 0.05) is 5.02 Å². The number of aromatic nitrogens is 1. The Kier molecular flexibility index (Phi) is 2.35. The van der Waals surface area contributed by atoms with Crippen molar-refractivity contribution < 1.29 is 4.42 Å². The van der Waals surface area contributed by atoms with Crippen LogP contribution >= 0.6 is 23.2 Å². The van der Waals surface area contributed by atoms with E-state index in [1.807, 2.05) is 0 Å². The van der Waals surface area contributed by atoms with Crippen LogP contribution in [0.25, 0.3) is 11.1 Å². The lowest BCUT2D eigenvalue weighted by molar-refractivity contribution is 0.448. The van der Waals surface area contributed by atoms with E-state index in [1.54, 1.807) is 12.1 Å². The standard InChI is InChI=1S/C11H10Cl2N2O/c12-6-3-7(13)10-8(4-6)15-11(16-10)9(14)5-1-2-5/h3-5,9H,1-2,14H2. The summed E-state index contributed by atoms with van der Waals surface area (Å²) in [5.74, 6) is 1.06. The fraction of sp³-hybridized carbons (Fsp3) is 0.364. The maximum atomic E-state index is 6.02. The van der Waals surface area contributed by atoms with Gasteiger partial charge in [0.1, 0.15) is 5.52 Å². The van der Waals surface area contributed by atoms with Crippen LogP contribution in [-0.4, -0.2) is 4.98 Å². The minimum atomic E-state index is -0.123. The van der Waals surface area contributed by atoms with Gasteiger partial charge in [-0.2, -0.15) is 0 Å². The van der Waals surface area contributed by atoms with Crippen molar-refractivity contribution in [3.05, 3.63) is 28.1 Å². The molecule has 0 saturated heterocycles. The van der Waals surface area contributed by atoms with Crippen molar-refractivity contribution in [2.75, 3.05) is 0 Å². The highest BCUT2D eigenvalue weighted by Gasteiger charge is 2.32. The van der Waals surface area contributed by atoms with Crippen molar-refractivity contribution in [3.63, 3.8) is 0 Å². The monoisotopic (exact) mass is 256 g/mol. The third-order valence-electron chi connectivity index (χ3n) is 2.84. The highest BCUT2D eigenvalue weighted by atomic mass is 35.5. The molecule has 5 heteroatoms. The van der Waals surface area contributed by atoms with E-state index in [4.69, 9.17) is 33.4 Å². The highest BCUT2D eigenvalue weighted by molar-refractivity contribution is 6.37. The molecule has 16 heavy (non-hydrogen) atoms. The quantitative estimate of drug-likeness (QED) is 0.895. The molecule has 1 aromatic heterocycles. The number of rotatable bonds is 2. The van der Waals surface area contributed by atoms with Crippen molar-refractivity contribution in [2.24, 2.45) is 11.7 Å². The second kappa shape index (κ2) is 3.62. The van der Waals surface area contributed by atoms with Crippen LogP contribution in [-0.2, 0) is 0 Å². The zero-order chi connectivity index (χ0) is 11.3. The average molecular weight is 257 g/mol. The zero-order valence-electron chi connectivity index (χ0n) is 8.41. The number of fused-ring (bicyclic) bond motifs is 1. The molecule has 0 amide bonds. The minimum Gasteiger partial charge on any atom is -0.437 e. The van der Waals surface area contributed by atoms with Crippen LogP contribution in [0.2, 0.25) is 10.0 Å². The first-order valence-electron chi connectivity index (χ1n) is 5.16. The maximum absolute atomic E-state index is 6.02. The second-order valence-electron chi connectivity index (χ2n) is 4.15. The molecule has 2 aromatic rings. The van der Waals surface area contributed by atoms with Gasteiger partial charge in [0.25, 0.3) is 0 Å². The highest BCUT2D eigenvalue weighted by Crippen LogP contribution is 2.40. The molecule has 3 nitrogen and oxygen atoms in total. The molecule has 1 aromatic carbocycles. The summed E-state index contributed by atoms with van der Waals surface area (Å²) >= 11 is 11.9. The first kappa shape index (κ1) is 10.4. The van der Waals surface area contributed by atoms with Gasteiger partial charge >= 0.3 is 0 Å². The van der Waals surface area contributed by atoms with Gasteiger partial charge in [-0.05, 0) is 30.9 Å². The number of nitrogens with two attached hydrogens (primary N) is 1. The fourth-order valence-corrected chi connectivity index (χ4v) is 2.30. The van der Waals surface area contributed by atoms with E-state index in [2.05, 4.69) is 4.98 Å². The Morgan fingerprint density at radius 3 is 2.81 bits per heavy atom. The largest absolute Gasteiger partial charge is 0.437 e. The molecule has 0 spiro atoms. The summed E-state index contributed by atoms with van der Waals surface area (Å²) in [6.45, 7) is 0. The Hall–Kier alpha value is -0.770. The number of benzene rings is 1. The molecule has 1 saturated carbocycles. The van der Waals surface area contributed by atoms with Crippen molar-refractivity contribution in [1.82, 2.24) is 4.98 Å². The molecular weight excluding hydrogens is 247 g/mol. The Morgan fingerprint density at radius 2 is 2.12 bits per heavy atom. The van der Waals surface area contributed by atoms with Gasteiger partial charge in [0.2, 0.25) is 5.89 Å². The van der Waals surface area contributed by atoms with Gasteiger partial charge in [-0.3, -0.25) is 0 Å². The summed E-state index contributed by atoms with van der Waals surface area (Å²) in [5.41, 5.74) is 7.26. The van der Waals surface area contributed by atoms with Gasteiger partial charge < -0.3 is 10.2 Å². The Morgan fingerprint density at radius 1 is 1.38 bits per heavy atom. The number of oxazole rings is 1. The van der Waals surface area contributed by atoms with E-state index in [0.717, 1.165) is 12.8 Å². The lowest BCUT2D eigenvalue weighted by Crippen LogP contribution is -2.12. The van der Waals surface area contributed by atoms with Gasteiger partial charge in [0.15, 0.2) is 5.58 Å². The van der Waals surface area contributed by atoms with Crippen LogP contribution < -0.4 is 5.73 Å². The molecular formula is C11H10Cl2N2O. The number of hydrogen-bond donors (Lipinski definition) is 1. The summed E-state index contributed by atoms with van der Waals surface area (Å²) in [5, 5.41) is 1.03. The summed E-state index contributed by atoms with van der Waals surface area (Å²) < 4.78 is 5.59. The zero-order valence-corrected chi connectivity index (χ0v) is 9.92. The van der Waals surface area contributed by atoms with Gasteiger partial charge in [-0.1, -0.05) is 23.2 Å². The lowest BCUT2D eigenvalue weighted by atomic mass is 10.2. The molecule has 1 heterocycles. The molecule has 0 radical (unpaired) electrons. The number of hydrogen-bond acceptors (Lipinski definition) is 3. The Balaban J connectivity index is 2.11. The third-order valence-corrected chi connectivity index (χ3v) is 3.34. The second-order valence-corrected chi connectivity index (χ2v) is 4.99. The lowest BCUT2D eigenvalue weighted by Gasteiger charge is -2.02. The van der Waals surface area contributed by atoms with Crippen LogP contribution in [0.15, 0.2) is 16.5 Å². The van der Waals surface area contributed by atoms with Crippen molar-refractivity contribution in [1.29, 1.82) is 0 Å². The summed E-state index contributed by atoms with van der Waals surface area (Å²) in [6, 6.07) is 3.25. The molecule has 0 bridgehead atoms. The molecule has 1 aliphatic carbocycles. The van der Waals surface area contributed by atoms with Gasteiger partial charge in [-0.15, -0.1) is 0 Å². The first-order valence-corrected chi connectivity index (χ1v) is 5.92. The Bertz CT molecular complexity index is 548. The molecule has 1 atom stereocenters. The van der Waals surface area contributed by atoms with E-state index in [0.29, 0.717) is 33.0 Å². The SMILES string of the molecule is NC(c1nc2cc(Cl)cc(Cl)c2o1)C1CC1. The summed E-state index contributed by atoms with van der Waals surface area (Å²) in [6.07, 6.45) is 2.29. The normalized spacial score (nSPS) is 17.9. The van der Waals surface area contributed by atoms with Gasteiger partial charge in [-0.25, -0.2) is 4.98 Å². The molecule has 1 unspecified atom stereocenters. The van der Waals surface area contributed by atoms with Crippen molar-refractivity contribution in [2.45, 2.75) is 18.9 Å². The van der Waals surface area contributed by atoms with Crippen molar-refractivity contribution in [3.8, 4) is 0 Å². The number of nitrogens with zero attached hydrogens (tertiary/aromatic N) is 1. The molecule has 1 fully saturated rings. The van der Waals surface area contributed by atoms with E-state index in [1.165, 1.54) is 0 Å². The van der Waals surface area contributed by atoms with Crippen LogP contribution in [0.3, 0.4) is 0 Å². The van der Waals surface area contributed by atoms with Crippen LogP contribution in [0.1, 0.15) is 24.8 Å². The molecule has 3 rings (SSSR count). The predicted octanol–water partition coefficient (Wildman–Crippen LogP) is 3.54. The molecule has 0 aliphatic heterocycles. The molecule has 2 N–H and O–H groups in total. The average Bonchev–Trinajstić information content (AvgIpc) is 2.97. The first-order chi connectivity index (χ1) is 7.65. The third kappa shape index (κ3) is 1.69. The summed E-state index contributed by atoms with van der Waals surface area (Å²) in [4.78, 5) is 4.34. The maximum Gasteiger partial charge on any atom is 0.212 e. The van der Waals surface area contributed by atoms with Crippen LogP contribution in [0.5, 0.6) is 0 Å². The molecule has 84 valence electrons. The number of halogens is 2. The van der Waals surface area contributed by atoms with E-state index < -0.39 is 0 Å². The minimum absolute atomic E-state index is 0.123. The van der Waals surface area contributed by atoms with E-state index in [-0.39, 0.29) is 6.04 Å². The van der Waals surface area contributed by atoms with Crippen LogP contribution in [0.4, 0.5) is 0 Å². The van der Waals surface area contributed by atoms with Gasteiger partial charge in [0.05, 0.1) is 11.1 Å². The fourth-order valence-electron chi connectivity index (χ4n) is 1.78. The van der Waals surface area contributed by atoms with E-state index in [9.17, 15) is 0 Å². The topological polar surface area (TPSA) is 52.0 Å². The summed E-state index contributed by atoms with van der Waals surface area (Å²) in [7, 11) is 0. The van der Waals surface area contributed by atoms with E-state index >= 15 is 0 Å². The smallest absolute Gasteiger partial charge is 0.212 e. The van der Waals surface area contributed by atoms with Crippen LogP contribution in [0, 0.1) is 5.92 Å². The predicted molar refractivity (Wildman–Crippen MR) is 63.7 cm³/mol. The molecule has 1 aliphatic rings. The van der Waals surface area contributed by atoms with Crippen molar-refractivity contribution >= 4 is 34.3 Å².